The number of carbonyl (C=O) groups excluding carboxylic acids is 5. The Balaban J connectivity index is 4.57. The summed E-state index contributed by atoms with van der Waals surface area (Å²) in [6.45, 7) is 2.70. The third-order valence-corrected chi connectivity index (χ3v) is 3.24. The molecule has 0 amide bonds. The van der Waals surface area contributed by atoms with Crippen LogP contribution in [-0.2, 0) is 33.5 Å². The van der Waals surface area contributed by atoms with E-state index in [-0.39, 0.29) is 43.0 Å². The molecule has 1 N–H and O–H groups in total. The number of allylic oxidation sites excluding steroid dienone is 4. The number of carboxylic acids is 1. The van der Waals surface area contributed by atoms with Crippen molar-refractivity contribution in [2.24, 2.45) is 0 Å². The molecule has 0 heterocycles. The molecule has 1 atom stereocenters. The zero-order chi connectivity index (χ0) is 21.5. The van der Waals surface area contributed by atoms with Crippen molar-refractivity contribution in [3.05, 3.63) is 36.5 Å². The number of Topliss-reactive ketones (excluding diaryl/α,β-unsaturated/α-hetero) is 1. The molecule has 0 spiro atoms. The highest BCUT2D eigenvalue weighted by Gasteiger charge is 2.16. The quantitative estimate of drug-likeness (QED) is 0.350. The van der Waals surface area contributed by atoms with Crippen molar-refractivity contribution < 1.29 is 38.6 Å². The van der Waals surface area contributed by atoms with Gasteiger partial charge in [-0.25, -0.2) is 9.59 Å². The number of ketones is 4. The molecule has 0 aromatic carbocycles. The van der Waals surface area contributed by atoms with Gasteiger partial charge in [0.25, 0.3) is 0 Å². The zero-order valence-electron chi connectivity index (χ0n) is 15.9. The van der Waals surface area contributed by atoms with Gasteiger partial charge < -0.3 is 9.84 Å². The van der Waals surface area contributed by atoms with Crippen LogP contribution in [0.15, 0.2) is 36.5 Å². The van der Waals surface area contributed by atoms with Crippen molar-refractivity contribution in [1.82, 2.24) is 0 Å². The molecule has 0 aliphatic rings. The van der Waals surface area contributed by atoms with Gasteiger partial charge in [0.15, 0.2) is 17.3 Å². The summed E-state index contributed by atoms with van der Waals surface area (Å²) in [5.41, 5.74) is 0. The Bertz CT molecular complexity index is 697. The fourth-order valence-corrected chi connectivity index (χ4v) is 2.00. The lowest BCUT2D eigenvalue weighted by molar-refractivity contribution is -0.145. The molecule has 0 aromatic heterocycles. The number of hydrogen-bond acceptors (Lipinski definition) is 7. The van der Waals surface area contributed by atoms with Crippen LogP contribution in [0, 0.1) is 0 Å². The second kappa shape index (κ2) is 14.0. The van der Waals surface area contributed by atoms with Gasteiger partial charge in [0.1, 0.15) is 11.9 Å². The van der Waals surface area contributed by atoms with Crippen LogP contribution < -0.4 is 0 Å². The van der Waals surface area contributed by atoms with Crippen molar-refractivity contribution in [3.8, 4) is 0 Å². The Kier molecular flexibility index (Phi) is 12.4. The Morgan fingerprint density at radius 1 is 0.857 bits per heavy atom. The van der Waals surface area contributed by atoms with Gasteiger partial charge in [-0.2, -0.15) is 0 Å². The second-order valence-electron chi connectivity index (χ2n) is 5.99. The van der Waals surface area contributed by atoms with E-state index in [0.717, 1.165) is 18.2 Å². The first kappa shape index (κ1) is 24.8. The summed E-state index contributed by atoms with van der Waals surface area (Å²) in [7, 11) is 0. The third kappa shape index (κ3) is 15.1. The van der Waals surface area contributed by atoms with Crippen LogP contribution in [0.2, 0.25) is 0 Å². The van der Waals surface area contributed by atoms with Crippen LogP contribution in [0.5, 0.6) is 0 Å². The van der Waals surface area contributed by atoms with E-state index in [1.165, 1.54) is 19.9 Å². The molecule has 0 saturated carbocycles. The van der Waals surface area contributed by atoms with E-state index < -0.39 is 23.8 Å². The third-order valence-electron chi connectivity index (χ3n) is 3.24. The van der Waals surface area contributed by atoms with Crippen LogP contribution in [0.4, 0.5) is 0 Å². The molecule has 0 aromatic rings. The van der Waals surface area contributed by atoms with Gasteiger partial charge in [0.05, 0.1) is 0 Å². The van der Waals surface area contributed by atoms with Gasteiger partial charge in [-0.3, -0.25) is 19.2 Å². The molecule has 1 unspecified atom stereocenters. The molecule has 0 aliphatic heterocycles. The smallest absolute Gasteiger partial charge is 0.331 e. The van der Waals surface area contributed by atoms with Gasteiger partial charge in [0, 0.05) is 31.4 Å². The van der Waals surface area contributed by atoms with Crippen molar-refractivity contribution >= 4 is 35.1 Å². The van der Waals surface area contributed by atoms with Gasteiger partial charge in [-0.1, -0.05) is 6.08 Å². The Labute approximate surface area is 162 Å². The molecule has 0 radical (unpaired) electrons. The van der Waals surface area contributed by atoms with Crippen LogP contribution in [0.25, 0.3) is 0 Å². The highest BCUT2D eigenvalue weighted by molar-refractivity contribution is 5.96. The zero-order valence-corrected chi connectivity index (χ0v) is 15.9. The molecule has 8 nitrogen and oxygen atoms in total. The molecule has 0 aliphatic carbocycles. The molecule has 0 bridgehead atoms. The topological polar surface area (TPSA) is 132 Å². The number of rotatable bonds is 14. The van der Waals surface area contributed by atoms with Crippen molar-refractivity contribution in [2.75, 3.05) is 0 Å². The van der Waals surface area contributed by atoms with E-state index in [1.54, 1.807) is 6.08 Å². The summed E-state index contributed by atoms with van der Waals surface area (Å²) in [6, 6.07) is 0. The van der Waals surface area contributed by atoms with E-state index in [9.17, 15) is 28.8 Å². The SMILES string of the molecule is CC(=O)/C=C/CCC(=O)/C=C/C(=O)OC(CCC(=O)/C=C/C(=O)O)CC(C)=O. The van der Waals surface area contributed by atoms with E-state index in [0.29, 0.717) is 12.5 Å². The van der Waals surface area contributed by atoms with Gasteiger partial charge in [-0.05, 0) is 44.9 Å². The van der Waals surface area contributed by atoms with Crippen LogP contribution in [0.1, 0.15) is 46.0 Å². The first-order chi connectivity index (χ1) is 13.1. The maximum Gasteiger partial charge on any atom is 0.331 e. The largest absolute Gasteiger partial charge is 0.478 e. The molecule has 0 rings (SSSR count). The van der Waals surface area contributed by atoms with E-state index in [1.807, 2.05) is 0 Å². The summed E-state index contributed by atoms with van der Waals surface area (Å²) < 4.78 is 5.09. The summed E-state index contributed by atoms with van der Waals surface area (Å²) >= 11 is 0. The van der Waals surface area contributed by atoms with Crippen LogP contribution >= 0.6 is 0 Å². The predicted molar refractivity (Wildman–Crippen MR) is 99.4 cm³/mol. The minimum atomic E-state index is -1.26. The minimum absolute atomic E-state index is 0.0474. The fraction of sp³-hybridized carbons (Fsp3) is 0.400. The fourth-order valence-electron chi connectivity index (χ4n) is 2.00. The normalized spacial score (nSPS) is 12.4. The Morgan fingerprint density at radius 3 is 2.04 bits per heavy atom. The summed E-state index contributed by atoms with van der Waals surface area (Å²) in [4.78, 5) is 67.4. The molecule has 0 saturated heterocycles. The van der Waals surface area contributed by atoms with E-state index in [2.05, 4.69) is 0 Å². The highest BCUT2D eigenvalue weighted by atomic mass is 16.5. The van der Waals surface area contributed by atoms with Gasteiger partial charge in [0.2, 0.25) is 0 Å². The number of ether oxygens (including phenoxy) is 1. The average Bonchev–Trinajstić information content (AvgIpc) is 2.59. The van der Waals surface area contributed by atoms with Crippen molar-refractivity contribution in [1.29, 1.82) is 0 Å². The van der Waals surface area contributed by atoms with E-state index in [4.69, 9.17) is 9.84 Å². The number of hydrogen-bond donors (Lipinski definition) is 1. The lowest BCUT2D eigenvalue weighted by atomic mass is 10.1. The van der Waals surface area contributed by atoms with Gasteiger partial charge >= 0.3 is 11.9 Å². The number of carboxylic acid groups (broad SMARTS) is 1. The maximum absolute atomic E-state index is 11.8. The standard InChI is InChI=1S/C20H24O8/c1-14(21)5-3-4-6-16(23)9-12-20(27)28-18(13-15(2)22)10-7-17(24)8-11-19(25)26/h3,5,8-9,11-12,18H,4,6-7,10,13H2,1-2H3,(H,25,26)/b5-3+,11-8+,12-9+. The Morgan fingerprint density at radius 2 is 1.46 bits per heavy atom. The maximum atomic E-state index is 11.8. The predicted octanol–water partition coefficient (Wildman–Crippen LogP) is 1.92. The van der Waals surface area contributed by atoms with Gasteiger partial charge in [-0.15, -0.1) is 0 Å². The number of esters is 1. The van der Waals surface area contributed by atoms with Crippen molar-refractivity contribution in [2.45, 2.75) is 52.1 Å². The van der Waals surface area contributed by atoms with Crippen molar-refractivity contribution in [3.63, 3.8) is 0 Å². The lowest BCUT2D eigenvalue weighted by Crippen LogP contribution is -2.21. The monoisotopic (exact) mass is 392 g/mol. The summed E-state index contributed by atoms with van der Waals surface area (Å²) in [5.74, 6) is -3.26. The highest BCUT2D eigenvalue weighted by Crippen LogP contribution is 2.10. The average molecular weight is 392 g/mol. The van der Waals surface area contributed by atoms with E-state index >= 15 is 0 Å². The second-order valence-corrected chi connectivity index (χ2v) is 5.99. The number of carbonyl (C=O) groups is 6. The van der Waals surface area contributed by atoms with Crippen LogP contribution in [-0.4, -0.2) is 46.3 Å². The summed E-state index contributed by atoms with van der Waals surface area (Å²) in [5, 5.41) is 8.47. The first-order valence-electron chi connectivity index (χ1n) is 8.62. The first-order valence-corrected chi connectivity index (χ1v) is 8.62. The molecule has 152 valence electrons. The summed E-state index contributed by atoms with van der Waals surface area (Å²) in [6.07, 6.45) is 5.98. The molecule has 8 heteroatoms. The molecule has 0 fully saturated rings. The van der Waals surface area contributed by atoms with Crippen LogP contribution in [0.3, 0.4) is 0 Å². The Hall–Kier alpha value is -3.16. The lowest BCUT2D eigenvalue weighted by Gasteiger charge is -2.14. The molecular formula is C20H24O8. The minimum Gasteiger partial charge on any atom is -0.478 e. The molecular weight excluding hydrogens is 368 g/mol. The molecule has 28 heavy (non-hydrogen) atoms. The number of aliphatic carboxylic acids is 1.